The zero-order chi connectivity index (χ0) is 11.4. The second-order valence-corrected chi connectivity index (χ2v) is 5.23. The van der Waals surface area contributed by atoms with E-state index in [4.69, 9.17) is 5.73 Å². The molecule has 2 atom stereocenters. The van der Waals surface area contributed by atoms with E-state index in [1.807, 2.05) is 18.3 Å². The molecule has 3 N–H and O–H groups in total. The van der Waals surface area contributed by atoms with Crippen molar-refractivity contribution in [1.29, 1.82) is 0 Å². The van der Waals surface area contributed by atoms with Gasteiger partial charge in [-0.25, -0.2) is 4.98 Å². The van der Waals surface area contributed by atoms with Gasteiger partial charge >= 0.3 is 0 Å². The van der Waals surface area contributed by atoms with Crippen LogP contribution in [-0.2, 0) is 6.54 Å². The molecule has 2 rings (SSSR count). The van der Waals surface area contributed by atoms with Crippen molar-refractivity contribution in [2.24, 2.45) is 5.73 Å². The van der Waals surface area contributed by atoms with Gasteiger partial charge in [-0.05, 0) is 46.5 Å². The monoisotopic (exact) mass is 283 g/mol. The maximum absolute atomic E-state index is 6.09. The Labute approximate surface area is 105 Å². The van der Waals surface area contributed by atoms with Gasteiger partial charge in [0.1, 0.15) is 4.60 Å². The van der Waals surface area contributed by atoms with Crippen LogP contribution in [0, 0.1) is 0 Å². The molecule has 0 radical (unpaired) electrons. The van der Waals surface area contributed by atoms with E-state index in [2.05, 4.69) is 26.2 Å². The SMILES string of the molecule is N[C@@H]1CCCC[C@@H]1NCc1ccnc(Br)c1. The Balaban J connectivity index is 1.86. The highest BCUT2D eigenvalue weighted by Crippen LogP contribution is 2.17. The molecule has 1 fully saturated rings. The first kappa shape index (κ1) is 12.0. The van der Waals surface area contributed by atoms with Crippen LogP contribution in [0.25, 0.3) is 0 Å². The van der Waals surface area contributed by atoms with E-state index in [1.165, 1.54) is 24.8 Å². The summed E-state index contributed by atoms with van der Waals surface area (Å²) in [5.74, 6) is 0. The van der Waals surface area contributed by atoms with Crippen molar-refractivity contribution in [3.63, 3.8) is 0 Å². The molecule has 0 aromatic carbocycles. The fourth-order valence-corrected chi connectivity index (χ4v) is 2.63. The molecule has 0 saturated heterocycles. The average molecular weight is 284 g/mol. The molecule has 0 bridgehead atoms. The summed E-state index contributed by atoms with van der Waals surface area (Å²) in [5, 5.41) is 3.54. The van der Waals surface area contributed by atoms with Gasteiger partial charge in [0, 0.05) is 24.8 Å². The molecule has 0 aliphatic heterocycles. The highest BCUT2D eigenvalue weighted by Gasteiger charge is 2.20. The third-order valence-corrected chi connectivity index (χ3v) is 3.61. The van der Waals surface area contributed by atoms with Crippen LogP contribution in [0.1, 0.15) is 31.2 Å². The minimum Gasteiger partial charge on any atom is -0.326 e. The van der Waals surface area contributed by atoms with Gasteiger partial charge in [-0.15, -0.1) is 0 Å². The minimum atomic E-state index is 0.319. The number of halogens is 1. The third kappa shape index (κ3) is 3.27. The van der Waals surface area contributed by atoms with Gasteiger partial charge < -0.3 is 11.1 Å². The van der Waals surface area contributed by atoms with Crippen LogP contribution in [0.2, 0.25) is 0 Å². The van der Waals surface area contributed by atoms with E-state index < -0.39 is 0 Å². The summed E-state index contributed by atoms with van der Waals surface area (Å²) < 4.78 is 0.889. The molecular weight excluding hydrogens is 266 g/mol. The third-order valence-electron chi connectivity index (χ3n) is 3.18. The quantitative estimate of drug-likeness (QED) is 0.837. The number of nitrogens with zero attached hydrogens (tertiary/aromatic N) is 1. The first-order valence-corrected chi connectivity index (χ1v) is 6.64. The van der Waals surface area contributed by atoms with Crippen molar-refractivity contribution in [3.05, 3.63) is 28.5 Å². The maximum Gasteiger partial charge on any atom is 0.106 e. The molecule has 1 aliphatic carbocycles. The molecule has 16 heavy (non-hydrogen) atoms. The van der Waals surface area contributed by atoms with E-state index in [-0.39, 0.29) is 0 Å². The van der Waals surface area contributed by atoms with Gasteiger partial charge in [-0.2, -0.15) is 0 Å². The van der Waals surface area contributed by atoms with Crippen LogP contribution in [0.4, 0.5) is 0 Å². The number of pyridine rings is 1. The van der Waals surface area contributed by atoms with Crippen LogP contribution in [-0.4, -0.2) is 17.1 Å². The lowest BCUT2D eigenvalue weighted by molar-refractivity contribution is 0.326. The smallest absolute Gasteiger partial charge is 0.106 e. The Bertz CT molecular complexity index is 343. The molecule has 1 heterocycles. The Kier molecular flexibility index (Phi) is 4.32. The minimum absolute atomic E-state index is 0.319. The van der Waals surface area contributed by atoms with Crippen LogP contribution in [0.5, 0.6) is 0 Å². The van der Waals surface area contributed by atoms with E-state index in [1.54, 1.807) is 0 Å². The first-order valence-electron chi connectivity index (χ1n) is 5.85. The molecule has 88 valence electrons. The molecule has 0 unspecified atom stereocenters. The van der Waals surface area contributed by atoms with Gasteiger partial charge in [0.2, 0.25) is 0 Å². The molecule has 3 nitrogen and oxygen atoms in total. The van der Waals surface area contributed by atoms with Crippen molar-refractivity contribution >= 4 is 15.9 Å². The number of aromatic nitrogens is 1. The Morgan fingerprint density at radius 3 is 3.00 bits per heavy atom. The summed E-state index contributed by atoms with van der Waals surface area (Å²) in [6, 6.07) is 4.87. The van der Waals surface area contributed by atoms with Crippen molar-refractivity contribution in [1.82, 2.24) is 10.3 Å². The molecule has 1 aromatic rings. The van der Waals surface area contributed by atoms with Gasteiger partial charge in [-0.3, -0.25) is 0 Å². The van der Waals surface area contributed by atoms with Crippen molar-refractivity contribution in [2.45, 2.75) is 44.3 Å². The van der Waals surface area contributed by atoms with Crippen molar-refractivity contribution in [2.75, 3.05) is 0 Å². The van der Waals surface area contributed by atoms with Crippen molar-refractivity contribution < 1.29 is 0 Å². The summed E-state index contributed by atoms with van der Waals surface area (Å²) in [5.41, 5.74) is 7.34. The second-order valence-electron chi connectivity index (χ2n) is 4.42. The van der Waals surface area contributed by atoms with E-state index in [9.17, 15) is 0 Å². The number of nitrogens with one attached hydrogen (secondary N) is 1. The zero-order valence-electron chi connectivity index (χ0n) is 9.32. The predicted molar refractivity (Wildman–Crippen MR) is 69.0 cm³/mol. The molecule has 4 heteroatoms. The average Bonchev–Trinajstić information content (AvgIpc) is 2.28. The summed E-state index contributed by atoms with van der Waals surface area (Å²) in [7, 11) is 0. The van der Waals surface area contributed by atoms with E-state index >= 15 is 0 Å². The maximum atomic E-state index is 6.09. The van der Waals surface area contributed by atoms with Crippen LogP contribution < -0.4 is 11.1 Å². The van der Waals surface area contributed by atoms with Gasteiger partial charge in [0.15, 0.2) is 0 Å². The zero-order valence-corrected chi connectivity index (χ0v) is 10.9. The number of rotatable bonds is 3. The Hall–Kier alpha value is -0.450. The Morgan fingerprint density at radius 2 is 2.25 bits per heavy atom. The molecule has 0 spiro atoms. The normalized spacial score (nSPS) is 25.6. The molecule has 1 saturated carbocycles. The molecule has 1 aliphatic rings. The summed E-state index contributed by atoms with van der Waals surface area (Å²) in [4.78, 5) is 4.11. The predicted octanol–water partition coefficient (Wildman–Crippen LogP) is 2.20. The fourth-order valence-electron chi connectivity index (χ4n) is 2.21. The van der Waals surface area contributed by atoms with Crippen LogP contribution in [0.3, 0.4) is 0 Å². The lowest BCUT2D eigenvalue weighted by atomic mass is 9.91. The molecule has 0 amide bonds. The van der Waals surface area contributed by atoms with Gasteiger partial charge in [-0.1, -0.05) is 12.8 Å². The summed E-state index contributed by atoms with van der Waals surface area (Å²) in [6.45, 7) is 0.874. The summed E-state index contributed by atoms with van der Waals surface area (Å²) in [6.07, 6.45) is 6.75. The standard InChI is InChI=1S/C12H18BrN3/c13-12-7-9(5-6-15-12)8-16-11-4-2-1-3-10(11)14/h5-7,10-11,16H,1-4,8,14H2/t10-,11+/m1/s1. The van der Waals surface area contributed by atoms with E-state index in [0.29, 0.717) is 12.1 Å². The highest BCUT2D eigenvalue weighted by atomic mass is 79.9. The molecular formula is C12H18BrN3. The van der Waals surface area contributed by atoms with E-state index in [0.717, 1.165) is 17.6 Å². The van der Waals surface area contributed by atoms with Crippen LogP contribution >= 0.6 is 15.9 Å². The summed E-state index contributed by atoms with van der Waals surface area (Å²) >= 11 is 3.38. The lowest BCUT2D eigenvalue weighted by Crippen LogP contribution is -2.46. The number of hydrogen-bond acceptors (Lipinski definition) is 3. The second kappa shape index (κ2) is 5.75. The lowest BCUT2D eigenvalue weighted by Gasteiger charge is -2.29. The van der Waals surface area contributed by atoms with Gasteiger partial charge in [0.05, 0.1) is 0 Å². The number of nitrogens with two attached hydrogens (primary N) is 1. The number of hydrogen-bond donors (Lipinski definition) is 2. The fraction of sp³-hybridized carbons (Fsp3) is 0.583. The van der Waals surface area contributed by atoms with Crippen molar-refractivity contribution in [3.8, 4) is 0 Å². The van der Waals surface area contributed by atoms with Crippen LogP contribution in [0.15, 0.2) is 22.9 Å². The molecule has 1 aromatic heterocycles. The van der Waals surface area contributed by atoms with Gasteiger partial charge in [0.25, 0.3) is 0 Å². The largest absolute Gasteiger partial charge is 0.326 e. The highest BCUT2D eigenvalue weighted by molar-refractivity contribution is 9.10. The topological polar surface area (TPSA) is 50.9 Å². The Morgan fingerprint density at radius 1 is 1.44 bits per heavy atom. The first-order chi connectivity index (χ1) is 7.75.